The van der Waals surface area contributed by atoms with Gasteiger partial charge in [-0.3, -0.25) is 0 Å². The molecule has 32 heavy (non-hydrogen) atoms. The third-order valence-corrected chi connectivity index (χ3v) is 5.36. The Hall–Kier alpha value is -3.64. The normalized spacial score (nSPS) is 10.8. The number of ether oxygens (including phenoxy) is 4. The lowest BCUT2D eigenvalue weighted by Crippen LogP contribution is -2.12. The van der Waals surface area contributed by atoms with Crippen molar-refractivity contribution in [3.05, 3.63) is 83.6 Å². The average molecular weight is 433 g/mol. The number of aromatic nitrogens is 1. The molecule has 0 aliphatic rings. The minimum atomic E-state index is 0.547. The summed E-state index contributed by atoms with van der Waals surface area (Å²) < 4.78 is 22.3. The molecule has 6 nitrogen and oxygen atoms in total. The van der Waals surface area contributed by atoms with Gasteiger partial charge in [0, 0.05) is 30.2 Å². The summed E-state index contributed by atoms with van der Waals surface area (Å²) in [5.41, 5.74) is 4.46. The number of rotatable bonds is 10. The van der Waals surface area contributed by atoms with Crippen LogP contribution in [-0.4, -0.2) is 26.3 Å². The highest BCUT2D eigenvalue weighted by molar-refractivity contribution is 5.84. The Morgan fingerprint density at radius 2 is 1.53 bits per heavy atom. The zero-order chi connectivity index (χ0) is 22.3. The molecule has 0 saturated carbocycles. The van der Waals surface area contributed by atoms with Gasteiger partial charge in [0.25, 0.3) is 0 Å². The third-order valence-electron chi connectivity index (χ3n) is 5.36. The Kier molecular flexibility index (Phi) is 6.82. The molecule has 0 aliphatic heterocycles. The van der Waals surface area contributed by atoms with Crippen LogP contribution in [0.5, 0.6) is 23.0 Å². The van der Waals surface area contributed by atoms with Crippen molar-refractivity contribution in [2.45, 2.75) is 19.7 Å². The molecule has 1 heterocycles. The van der Waals surface area contributed by atoms with Crippen LogP contribution in [0.4, 0.5) is 0 Å². The summed E-state index contributed by atoms with van der Waals surface area (Å²) in [6, 6.07) is 20.2. The van der Waals surface area contributed by atoms with Gasteiger partial charge in [-0.1, -0.05) is 30.3 Å². The van der Waals surface area contributed by atoms with Crippen molar-refractivity contribution in [2.24, 2.45) is 0 Å². The first-order valence-corrected chi connectivity index (χ1v) is 10.5. The molecule has 3 aromatic carbocycles. The maximum atomic E-state index is 6.00. The summed E-state index contributed by atoms with van der Waals surface area (Å²) in [4.78, 5) is 3.34. The lowest BCUT2D eigenvalue weighted by Gasteiger charge is -2.14. The van der Waals surface area contributed by atoms with E-state index >= 15 is 0 Å². The molecule has 0 atom stereocenters. The molecule has 6 heteroatoms. The molecule has 4 aromatic rings. The highest BCUT2D eigenvalue weighted by Gasteiger charge is 2.13. The second-order valence-corrected chi connectivity index (χ2v) is 7.43. The van der Waals surface area contributed by atoms with Crippen molar-refractivity contribution >= 4 is 10.9 Å². The van der Waals surface area contributed by atoms with Crippen LogP contribution in [0.2, 0.25) is 0 Å². The van der Waals surface area contributed by atoms with Crippen LogP contribution < -0.4 is 24.3 Å². The van der Waals surface area contributed by atoms with Gasteiger partial charge in [-0.25, -0.2) is 0 Å². The molecule has 0 aliphatic carbocycles. The lowest BCUT2D eigenvalue weighted by molar-refractivity contribution is 0.306. The highest BCUT2D eigenvalue weighted by atomic mass is 16.5. The van der Waals surface area contributed by atoms with Gasteiger partial charge >= 0.3 is 0 Å². The van der Waals surface area contributed by atoms with Gasteiger partial charge in [0.05, 0.1) is 21.3 Å². The summed E-state index contributed by atoms with van der Waals surface area (Å²) in [6.45, 7) is 1.91. The molecular weight excluding hydrogens is 404 g/mol. The van der Waals surface area contributed by atoms with Crippen LogP contribution in [0.15, 0.2) is 66.9 Å². The first-order valence-electron chi connectivity index (χ1n) is 10.5. The van der Waals surface area contributed by atoms with Gasteiger partial charge in [-0.15, -0.1) is 0 Å². The van der Waals surface area contributed by atoms with Gasteiger partial charge < -0.3 is 29.2 Å². The zero-order valence-electron chi connectivity index (χ0n) is 18.6. The Morgan fingerprint density at radius 3 is 2.22 bits per heavy atom. The number of hydrogen-bond donors (Lipinski definition) is 2. The first kappa shape index (κ1) is 21.6. The molecule has 1 aromatic heterocycles. The fraction of sp³-hybridized carbons (Fsp3) is 0.231. The van der Waals surface area contributed by atoms with Crippen LogP contribution >= 0.6 is 0 Å². The predicted molar refractivity (Wildman–Crippen MR) is 126 cm³/mol. The first-order chi connectivity index (χ1) is 15.7. The summed E-state index contributed by atoms with van der Waals surface area (Å²) in [7, 11) is 4.85. The van der Waals surface area contributed by atoms with E-state index in [0.29, 0.717) is 36.9 Å². The van der Waals surface area contributed by atoms with Crippen molar-refractivity contribution in [3.63, 3.8) is 0 Å². The van der Waals surface area contributed by atoms with Gasteiger partial charge in [0.15, 0.2) is 11.5 Å². The SMILES string of the molecule is COc1cc(CNCc2c[nH]c3ccc(OCc4ccccc4)cc23)cc(OC)c1OC. The van der Waals surface area contributed by atoms with E-state index in [1.807, 2.05) is 42.6 Å². The van der Waals surface area contributed by atoms with E-state index in [1.54, 1.807) is 21.3 Å². The molecule has 0 saturated heterocycles. The summed E-state index contributed by atoms with van der Waals surface area (Å²) in [5.74, 6) is 2.75. The second kappa shape index (κ2) is 10.1. The second-order valence-electron chi connectivity index (χ2n) is 7.43. The molecular formula is C26H28N2O4. The molecule has 166 valence electrons. The molecule has 0 radical (unpaired) electrons. The number of fused-ring (bicyclic) bond motifs is 1. The van der Waals surface area contributed by atoms with E-state index < -0.39 is 0 Å². The Balaban J connectivity index is 1.43. The van der Waals surface area contributed by atoms with Crippen LogP contribution in [-0.2, 0) is 19.7 Å². The Labute approximate surface area is 188 Å². The van der Waals surface area contributed by atoms with E-state index in [1.165, 1.54) is 5.56 Å². The topological polar surface area (TPSA) is 64.7 Å². The Morgan fingerprint density at radius 1 is 0.781 bits per heavy atom. The lowest BCUT2D eigenvalue weighted by atomic mass is 10.1. The largest absolute Gasteiger partial charge is 0.493 e. The fourth-order valence-electron chi connectivity index (χ4n) is 3.71. The molecule has 4 rings (SSSR count). The maximum Gasteiger partial charge on any atom is 0.203 e. The molecule has 0 fully saturated rings. The van der Waals surface area contributed by atoms with E-state index in [4.69, 9.17) is 18.9 Å². The maximum absolute atomic E-state index is 6.00. The molecule has 0 bridgehead atoms. The van der Waals surface area contributed by atoms with Crippen LogP contribution in [0.1, 0.15) is 16.7 Å². The third kappa shape index (κ3) is 4.81. The van der Waals surface area contributed by atoms with Crippen LogP contribution in [0.3, 0.4) is 0 Å². The quantitative estimate of drug-likeness (QED) is 0.367. The van der Waals surface area contributed by atoms with Crippen molar-refractivity contribution in [1.82, 2.24) is 10.3 Å². The van der Waals surface area contributed by atoms with Crippen molar-refractivity contribution < 1.29 is 18.9 Å². The van der Waals surface area contributed by atoms with Gasteiger partial charge in [0.1, 0.15) is 12.4 Å². The van der Waals surface area contributed by atoms with Crippen molar-refractivity contribution in [3.8, 4) is 23.0 Å². The Bertz CT molecular complexity index is 1150. The van der Waals surface area contributed by atoms with E-state index in [-0.39, 0.29) is 0 Å². The number of aromatic amines is 1. The minimum absolute atomic E-state index is 0.547. The van der Waals surface area contributed by atoms with Gasteiger partial charge in [-0.05, 0) is 47.0 Å². The molecule has 0 spiro atoms. The van der Waals surface area contributed by atoms with E-state index in [0.717, 1.165) is 27.8 Å². The molecule has 0 amide bonds. The number of H-pyrrole nitrogens is 1. The van der Waals surface area contributed by atoms with Crippen LogP contribution in [0.25, 0.3) is 10.9 Å². The number of hydrogen-bond acceptors (Lipinski definition) is 5. The number of benzene rings is 3. The van der Waals surface area contributed by atoms with Crippen molar-refractivity contribution in [1.29, 1.82) is 0 Å². The standard InChI is InChI=1S/C26H28N2O4/c1-29-24-11-19(12-25(30-2)26(24)31-3)14-27-15-20-16-28-23-10-9-21(13-22(20)23)32-17-18-7-5-4-6-8-18/h4-13,16,27-28H,14-15,17H2,1-3H3. The smallest absolute Gasteiger partial charge is 0.203 e. The monoisotopic (exact) mass is 432 g/mol. The summed E-state index contributed by atoms with van der Waals surface area (Å²) in [6.07, 6.45) is 2.04. The van der Waals surface area contributed by atoms with Gasteiger partial charge in [-0.2, -0.15) is 0 Å². The van der Waals surface area contributed by atoms with E-state index in [2.05, 4.69) is 34.6 Å². The fourth-order valence-corrected chi connectivity index (χ4v) is 3.71. The number of nitrogens with one attached hydrogen (secondary N) is 2. The van der Waals surface area contributed by atoms with Crippen LogP contribution in [0, 0.1) is 0 Å². The highest BCUT2D eigenvalue weighted by Crippen LogP contribution is 2.38. The number of methoxy groups -OCH3 is 3. The van der Waals surface area contributed by atoms with Gasteiger partial charge in [0.2, 0.25) is 5.75 Å². The minimum Gasteiger partial charge on any atom is -0.493 e. The van der Waals surface area contributed by atoms with Crippen molar-refractivity contribution in [2.75, 3.05) is 21.3 Å². The predicted octanol–water partition coefficient (Wildman–Crippen LogP) is 5.06. The summed E-state index contributed by atoms with van der Waals surface area (Å²) in [5, 5.41) is 4.65. The van der Waals surface area contributed by atoms with E-state index in [9.17, 15) is 0 Å². The molecule has 2 N–H and O–H groups in total. The molecule has 0 unspecified atom stereocenters. The average Bonchev–Trinajstić information content (AvgIpc) is 3.24. The zero-order valence-corrected chi connectivity index (χ0v) is 18.6. The summed E-state index contributed by atoms with van der Waals surface area (Å²) >= 11 is 0.